The van der Waals surface area contributed by atoms with Crippen molar-refractivity contribution in [1.82, 2.24) is 21.3 Å². The number of carbonyl (C=O) groups is 6. The van der Waals surface area contributed by atoms with Crippen molar-refractivity contribution in [1.29, 1.82) is 0 Å². The molecule has 7 N–H and O–H groups in total. The summed E-state index contributed by atoms with van der Waals surface area (Å²) in [6, 6.07) is 12.3. The highest BCUT2D eigenvalue weighted by atomic mass is 32.1. The molecule has 0 saturated heterocycles. The number of anilines is 1. The van der Waals surface area contributed by atoms with Crippen molar-refractivity contribution in [3.63, 3.8) is 0 Å². The second-order valence-electron chi connectivity index (χ2n) is 10.5. The number of carboxylic acids is 1. The zero-order chi connectivity index (χ0) is 32.3. The number of rotatable bonds is 5. The molecule has 3 atom stereocenters. The van der Waals surface area contributed by atoms with Gasteiger partial charge >= 0.3 is 5.97 Å². The Balaban J connectivity index is 1.59. The lowest BCUT2D eigenvalue weighted by Gasteiger charge is -2.22. The van der Waals surface area contributed by atoms with Crippen molar-refractivity contribution in [3.05, 3.63) is 82.0 Å². The average molecular weight is 636 g/mol. The van der Waals surface area contributed by atoms with Gasteiger partial charge in [0.05, 0.1) is 6.54 Å². The highest BCUT2D eigenvalue weighted by Crippen LogP contribution is 2.15. The van der Waals surface area contributed by atoms with E-state index in [9.17, 15) is 39.0 Å². The van der Waals surface area contributed by atoms with E-state index in [-0.39, 0.29) is 37.9 Å². The molecule has 1 aromatic heterocycles. The highest BCUT2D eigenvalue weighted by Gasteiger charge is 2.28. The molecule has 5 amide bonds. The van der Waals surface area contributed by atoms with Crippen molar-refractivity contribution in [3.8, 4) is 5.75 Å². The van der Waals surface area contributed by atoms with Gasteiger partial charge < -0.3 is 36.8 Å². The second kappa shape index (κ2) is 15.5. The van der Waals surface area contributed by atoms with Crippen molar-refractivity contribution >= 4 is 52.5 Å². The molecule has 3 aromatic rings. The highest BCUT2D eigenvalue weighted by molar-refractivity contribution is 7.09. The molecule has 13 nitrogen and oxygen atoms in total. The van der Waals surface area contributed by atoms with E-state index in [1.807, 2.05) is 5.38 Å². The first-order valence-corrected chi connectivity index (χ1v) is 15.0. The average Bonchev–Trinajstić information content (AvgIpc) is 3.52. The minimum Gasteiger partial charge on any atom is -0.508 e. The van der Waals surface area contributed by atoms with Crippen LogP contribution in [0.15, 0.2) is 66.0 Å². The molecule has 0 fully saturated rings. The summed E-state index contributed by atoms with van der Waals surface area (Å²) in [5.74, 6) is -4.40. The summed E-state index contributed by atoms with van der Waals surface area (Å²) < 4.78 is 0. The Hall–Kier alpha value is -5.24. The minimum atomic E-state index is -1.35. The SMILES string of the molecule is O=C1CCC(=O)N[C@H](Cc2cccs2)C(=O)NCC(=O)N[C@H](Cc2ccc(O)cc2)C(=O)N[C@H](C(=O)O)Cc2ccc(cc2)N1. The van der Waals surface area contributed by atoms with Gasteiger partial charge in [-0.2, -0.15) is 0 Å². The van der Waals surface area contributed by atoms with Crippen molar-refractivity contribution in [2.75, 3.05) is 11.9 Å². The van der Waals surface area contributed by atoms with Crippen LogP contribution >= 0.6 is 11.3 Å². The van der Waals surface area contributed by atoms with E-state index < -0.39 is 60.2 Å². The molecule has 2 aliphatic heterocycles. The number of thiophene rings is 1. The molecular weight excluding hydrogens is 602 g/mol. The smallest absolute Gasteiger partial charge is 0.326 e. The summed E-state index contributed by atoms with van der Waals surface area (Å²) in [6.45, 7) is -0.536. The Labute approximate surface area is 262 Å². The van der Waals surface area contributed by atoms with Crippen LogP contribution in [0.3, 0.4) is 0 Å². The Kier molecular flexibility index (Phi) is 11.2. The molecule has 0 spiro atoms. The molecule has 0 unspecified atom stereocenters. The zero-order valence-corrected chi connectivity index (χ0v) is 24.9. The number of nitrogens with one attached hydrogen (secondary N) is 5. The fraction of sp³-hybridized carbons (Fsp3) is 0.290. The van der Waals surface area contributed by atoms with E-state index in [2.05, 4.69) is 26.6 Å². The van der Waals surface area contributed by atoms with Gasteiger partial charge in [0.25, 0.3) is 0 Å². The number of hydrogen-bond donors (Lipinski definition) is 7. The molecule has 0 aliphatic carbocycles. The summed E-state index contributed by atoms with van der Waals surface area (Å²) in [7, 11) is 0. The van der Waals surface area contributed by atoms with E-state index in [1.165, 1.54) is 23.5 Å². The normalized spacial score (nSPS) is 20.5. The van der Waals surface area contributed by atoms with Gasteiger partial charge in [-0.05, 0) is 46.8 Å². The lowest BCUT2D eigenvalue weighted by molar-refractivity contribution is -0.142. The van der Waals surface area contributed by atoms with Crippen LogP contribution in [0.1, 0.15) is 28.8 Å². The van der Waals surface area contributed by atoms with Gasteiger partial charge in [0, 0.05) is 42.7 Å². The second-order valence-corrected chi connectivity index (χ2v) is 11.5. The molecule has 2 bridgehead atoms. The number of phenolic OH excluding ortho intramolecular Hbond substituents is 1. The molecule has 14 heteroatoms. The zero-order valence-electron chi connectivity index (χ0n) is 24.1. The number of fused-ring (bicyclic) bond motifs is 18. The summed E-state index contributed by atoms with van der Waals surface area (Å²) in [5.41, 5.74) is 1.56. The topological polar surface area (TPSA) is 203 Å². The number of aliphatic carboxylic acids is 1. The third-order valence-electron chi connectivity index (χ3n) is 6.96. The van der Waals surface area contributed by atoms with Gasteiger partial charge in [-0.3, -0.25) is 24.0 Å². The quantitative estimate of drug-likeness (QED) is 0.200. The third-order valence-corrected chi connectivity index (χ3v) is 7.86. The van der Waals surface area contributed by atoms with Crippen LogP contribution in [-0.2, 0) is 48.0 Å². The van der Waals surface area contributed by atoms with E-state index in [0.717, 1.165) is 4.88 Å². The predicted molar refractivity (Wildman–Crippen MR) is 164 cm³/mol. The van der Waals surface area contributed by atoms with Gasteiger partial charge in [-0.15, -0.1) is 11.3 Å². The van der Waals surface area contributed by atoms with E-state index in [1.54, 1.807) is 48.5 Å². The first-order valence-electron chi connectivity index (χ1n) is 14.1. The van der Waals surface area contributed by atoms with Gasteiger partial charge in [0.1, 0.15) is 23.9 Å². The summed E-state index contributed by atoms with van der Waals surface area (Å²) in [5, 5.41) is 34.1. The Morgan fingerprint density at radius 3 is 2.11 bits per heavy atom. The number of hydrogen-bond acceptors (Lipinski definition) is 8. The van der Waals surface area contributed by atoms with Gasteiger partial charge in [0.2, 0.25) is 29.5 Å². The van der Waals surface area contributed by atoms with Crippen LogP contribution in [0.5, 0.6) is 5.75 Å². The van der Waals surface area contributed by atoms with Crippen LogP contribution in [0, 0.1) is 0 Å². The van der Waals surface area contributed by atoms with Crippen molar-refractivity contribution in [2.45, 2.75) is 50.2 Å². The Morgan fingerprint density at radius 2 is 1.44 bits per heavy atom. The molecule has 45 heavy (non-hydrogen) atoms. The minimum absolute atomic E-state index is 0.00239. The molecule has 3 heterocycles. The largest absolute Gasteiger partial charge is 0.508 e. The lowest BCUT2D eigenvalue weighted by atomic mass is 10.0. The van der Waals surface area contributed by atoms with Crippen LogP contribution in [-0.4, -0.2) is 70.4 Å². The van der Waals surface area contributed by atoms with E-state index in [4.69, 9.17) is 0 Å². The number of amides is 5. The molecule has 5 rings (SSSR count). The van der Waals surface area contributed by atoms with Crippen molar-refractivity contribution < 1.29 is 39.0 Å². The lowest BCUT2D eigenvalue weighted by Crippen LogP contribution is -2.55. The third kappa shape index (κ3) is 10.2. The maximum absolute atomic E-state index is 13.4. The first-order chi connectivity index (χ1) is 21.5. The fourth-order valence-corrected chi connectivity index (χ4v) is 5.35. The summed E-state index contributed by atoms with van der Waals surface area (Å²) in [4.78, 5) is 77.5. The summed E-state index contributed by atoms with van der Waals surface area (Å²) in [6.07, 6.45) is -0.316. The molecule has 0 radical (unpaired) electrons. The Bertz CT molecular complexity index is 1530. The number of carbonyl (C=O) groups excluding carboxylic acids is 5. The monoisotopic (exact) mass is 635 g/mol. The maximum Gasteiger partial charge on any atom is 0.326 e. The maximum atomic E-state index is 13.4. The van der Waals surface area contributed by atoms with Crippen LogP contribution in [0.2, 0.25) is 0 Å². The summed E-state index contributed by atoms with van der Waals surface area (Å²) >= 11 is 1.39. The van der Waals surface area contributed by atoms with Crippen LogP contribution in [0.25, 0.3) is 0 Å². The first kappa shape index (κ1) is 32.7. The van der Waals surface area contributed by atoms with E-state index >= 15 is 0 Å². The van der Waals surface area contributed by atoms with Crippen LogP contribution in [0.4, 0.5) is 5.69 Å². The number of phenols is 1. The van der Waals surface area contributed by atoms with Crippen molar-refractivity contribution in [2.24, 2.45) is 0 Å². The number of benzene rings is 2. The predicted octanol–water partition coefficient (Wildman–Crippen LogP) is 0.869. The fourth-order valence-electron chi connectivity index (χ4n) is 4.60. The van der Waals surface area contributed by atoms with E-state index in [0.29, 0.717) is 16.8 Å². The standard InChI is InChI=1S/C31H33N5O8S/c37-21-9-5-19(6-10-21)14-23-30(42)36-25(31(43)44)15-18-3-7-20(8-4-18)33-26(38)11-12-27(39)34-24(16-22-2-1-13-45-22)29(41)32-17-28(40)35-23/h1-10,13,23-25,37H,11-12,14-17H2,(H,32,41)(H,33,38)(H,34,39)(H,35,40)(H,36,42)(H,43,44)/t23-,24-,25+/m1/s1. The molecular formula is C31H33N5O8S. The Morgan fingerprint density at radius 1 is 0.778 bits per heavy atom. The van der Waals surface area contributed by atoms with Gasteiger partial charge in [0.15, 0.2) is 0 Å². The molecule has 236 valence electrons. The molecule has 2 aliphatic rings. The molecule has 0 saturated carbocycles. The number of aromatic hydroxyl groups is 1. The van der Waals surface area contributed by atoms with Gasteiger partial charge in [-0.25, -0.2) is 4.79 Å². The molecule has 2 aromatic carbocycles. The van der Waals surface area contributed by atoms with Crippen LogP contribution < -0.4 is 26.6 Å². The number of carboxylic acid groups (broad SMARTS) is 1. The van der Waals surface area contributed by atoms with Gasteiger partial charge in [-0.1, -0.05) is 30.3 Å².